The summed E-state index contributed by atoms with van der Waals surface area (Å²) in [6.07, 6.45) is 0. The Balaban J connectivity index is 1.63. The van der Waals surface area contributed by atoms with Gasteiger partial charge in [-0.1, -0.05) is 62.4 Å². The Morgan fingerprint density at radius 2 is 1.32 bits per heavy atom. The number of benzene rings is 2. The van der Waals surface area contributed by atoms with E-state index < -0.39 is 5.54 Å². The average molecular weight is 370 g/mol. The first-order valence-electron chi connectivity index (χ1n) is 10.1. The van der Waals surface area contributed by atoms with Gasteiger partial charge in [-0.15, -0.1) is 0 Å². The second kappa shape index (κ2) is 4.99. The normalized spacial score (nSPS) is 34.3. The molecule has 5 aliphatic rings. The minimum atomic E-state index is -0.873. The van der Waals surface area contributed by atoms with Gasteiger partial charge in [-0.2, -0.15) is 4.99 Å². The molecule has 0 radical (unpaired) electrons. The fraction of sp³-hybridized carbons (Fsp3) is 0.375. The maximum Gasteiger partial charge on any atom is 0.273 e. The third-order valence-corrected chi connectivity index (χ3v) is 7.71. The number of hydrogen-bond acceptors (Lipinski definition) is 2. The minimum Gasteiger partial charge on any atom is -0.284 e. The number of amides is 2. The van der Waals surface area contributed by atoms with Crippen LogP contribution >= 0.6 is 0 Å². The Kier molecular flexibility index (Phi) is 2.89. The minimum absolute atomic E-state index is 0.00718. The summed E-state index contributed by atoms with van der Waals surface area (Å²) < 4.78 is 0. The van der Waals surface area contributed by atoms with Crippen LogP contribution in [0.2, 0.25) is 0 Å². The maximum absolute atomic E-state index is 13.8. The fourth-order valence-electron chi connectivity index (χ4n) is 6.10. The van der Waals surface area contributed by atoms with E-state index in [1.165, 1.54) is 22.3 Å². The van der Waals surface area contributed by atoms with Crippen molar-refractivity contribution in [3.8, 4) is 0 Å². The third-order valence-electron chi connectivity index (χ3n) is 7.71. The third kappa shape index (κ3) is 1.58. The predicted octanol–water partition coefficient (Wildman–Crippen LogP) is 3.71. The molecule has 3 atom stereocenters. The lowest BCUT2D eigenvalue weighted by molar-refractivity contribution is -0.141. The SMILES string of the molecule is CC(C)C1(C)C(=O)N=C2C3C4c5ccccc5C(c5ccccc54)C3C(=O)N21. The van der Waals surface area contributed by atoms with Crippen LogP contribution in [-0.4, -0.2) is 28.1 Å². The molecule has 4 nitrogen and oxygen atoms in total. The van der Waals surface area contributed by atoms with Crippen molar-refractivity contribution < 1.29 is 9.59 Å². The highest BCUT2D eigenvalue weighted by molar-refractivity contribution is 6.20. The van der Waals surface area contributed by atoms with Gasteiger partial charge in [0.1, 0.15) is 11.4 Å². The molecule has 140 valence electrons. The molecule has 2 amide bonds. The van der Waals surface area contributed by atoms with Crippen molar-refractivity contribution in [2.45, 2.75) is 38.1 Å². The molecule has 3 unspecified atom stereocenters. The molecule has 1 fully saturated rings. The highest BCUT2D eigenvalue weighted by Gasteiger charge is 2.66. The molecular weight excluding hydrogens is 348 g/mol. The Labute approximate surface area is 164 Å². The van der Waals surface area contributed by atoms with Gasteiger partial charge < -0.3 is 0 Å². The molecule has 2 aromatic rings. The second-order valence-electron chi connectivity index (χ2n) is 9.02. The van der Waals surface area contributed by atoms with Crippen molar-refractivity contribution in [1.82, 2.24) is 4.90 Å². The van der Waals surface area contributed by atoms with E-state index in [2.05, 4.69) is 53.5 Å². The fourth-order valence-corrected chi connectivity index (χ4v) is 6.10. The number of carbonyl (C=O) groups excluding carboxylic acids is 2. The molecule has 0 spiro atoms. The standard InChI is InChI=1S/C24H22N2O2/c1-12(2)24(3)23(28)25-21-19-17-13-8-4-6-10-15(13)18(20(19)22(27)26(21)24)16-11-7-5-9-14(16)17/h4-12,17-20H,1-3H3. The van der Waals surface area contributed by atoms with E-state index in [9.17, 15) is 9.59 Å². The topological polar surface area (TPSA) is 49.7 Å². The summed E-state index contributed by atoms with van der Waals surface area (Å²) in [7, 11) is 0. The smallest absolute Gasteiger partial charge is 0.273 e. The first-order chi connectivity index (χ1) is 13.5. The largest absolute Gasteiger partial charge is 0.284 e. The molecule has 28 heavy (non-hydrogen) atoms. The Morgan fingerprint density at radius 3 is 1.79 bits per heavy atom. The summed E-state index contributed by atoms with van der Waals surface area (Å²) in [6.45, 7) is 5.89. The number of rotatable bonds is 1. The molecule has 4 heteroatoms. The van der Waals surface area contributed by atoms with Crippen LogP contribution in [0.1, 0.15) is 54.9 Å². The second-order valence-corrected chi connectivity index (χ2v) is 9.02. The molecule has 0 N–H and O–H groups in total. The Morgan fingerprint density at radius 1 is 0.857 bits per heavy atom. The summed E-state index contributed by atoms with van der Waals surface area (Å²) in [5.74, 6) is 0.513. The molecule has 7 rings (SSSR count). The summed E-state index contributed by atoms with van der Waals surface area (Å²) in [4.78, 5) is 33.0. The van der Waals surface area contributed by atoms with Crippen LogP contribution < -0.4 is 0 Å². The highest BCUT2D eigenvalue weighted by Crippen LogP contribution is 2.62. The first kappa shape index (κ1) is 16.2. The van der Waals surface area contributed by atoms with Gasteiger partial charge in [0.15, 0.2) is 0 Å². The average Bonchev–Trinajstić information content (AvgIpc) is 3.15. The van der Waals surface area contributed by atoms with Crippen LogP contribution in [0.5, 0.6) is 0 Å². The van der Waals surface area contributed by atoms with Gasteiger partial charge in [0, 0.05) is 17.8 Å². The molecule has 1 saturated heterocycles. The number of aliphatic imine (C=N–C) groups is 1. The van der Waals surface area contributed by atoms with Gasteiger partial charge in [-0.05, 0) is 35.1 Å². The van der Waals surface area contributed by atoms with Gasteiger partial charge in [0.25, 0.3) is 5.91 Å². The molecule has 2 bridgehead atoms. The zero-order valence-corrected chi connectivity index (χ0v) is 16.2. The van der Waals surface area contributed by atoms with Crippen LogP contribution in [0.25, 0.3) is 0 Å². The molecule has 2 aromatic carbocycles. The Bertz CT molecular complexity index is 1050. The van der Waals surface area contributed by atoms with Crippen LogP contribution in [0.4, 0.5) is 0 Å². The Hall–Kier alpha value is -2.75. The molecule has 2 heterocycles. The molecule has 2 aliphatic heterocycles. The number of amidine groups is 1. The van der Waals surface area contributed by atoms with E-state index in [0.29, 0.717) is 5.84 Å². The van der Waals surface area contributed by atoms with E-state index in [1.807, 2.05) is 20.8 Å². The van der Waals surface area contributed by atoms with Gasteiger partial charge in [-0.25, -0.2) is 0 Å². The highest BCUT2D eigenvalue weighted by atomic mass is 16.2. The summed E-state index contributed by atoms with van der Waals surface area (Å²) in [5.41, 5.74) is 4.23. The van der Waals surface area contributed by atoms with Crippen molar-refractivity contribution in [3.63, 3.8) is 0 Å². The first-order valence-corrected chi connectivity index (χ1v) is 10.1. The van der Waals surface area contributed by atoms with Crippen LogP contribution in [0.15, 0.2) is 53.5 Å². The zero-order chi connectivity index (χ0) is 19.4. The predicted molar refractivity (Wildman–Crippen MR) is 106 cm³/mol. The van der Waals surface area contributed by atoms with E-state index in [-0.39, 0.29) is 41.4 Å². The van der Waals surface area contributed by atoms with Crippen LogP contribution in [0, 0.1) is 17.8 Å². The number of nitrogens with zero attached hydrogens (tertiary/aromatic N) is 2. The van der Waals surface area contributed by atoms with Crippen molar-refractivity contribution >= 4 is 17.6 Å². The van der Waals surface area contributed by atoms with E-state index >= 15 is 0 Å². The zero-order valence-electron chi connectivity index (χ0n) is 16.2. The quantitative estimate of drug-likeness (QED) is 0.768. The van der Waals surface area contributed by atoms with Crippen LogP contribution in [-0.2, 0) is 9.59 Å². The number of fused-ring (bicyclic) bond motifs is 1. The van der Waals surface area contributed by atoms with E-state index in [4.69, 9.17) is 0 Å². The number of hydrogen-bond donors (Lipinski definition) is 0. The van der Waals surface area contributed by atoms with Crippen molar-refractivity contribution in [2.75, 3.05) is 0 Å². The summed E-state index contributed by atoms with van der Waals surface area (Å²) in [5, 5.41) is 0. The van der Waals surface area contributed by atoms with Gasteiger partial charge in [-0.3, -0.25) is 14.5 Å². The summed E-state index contributed by atoms with van der Waals surface area (Å²) in [6, 6.07) is 17.0. The van der Waals surface area contributed by atoms with E-state index in [0.717, 1.165) is 0 Å². The molecule has 3 aliphatic carbocycles. The number of carbonyl (C=O) groups is 2. The van der Waals surface area contributed by atoms with Crippen molar-refractivity contribution in [1.29, 1.82) is 0 Å². The lowest BCUT2D eigenvalue weighted by Gasteiger charge is -2.46. The monoisotopic (exact) mass is 370 g/mol. The van der Waals surface area contributed by atoms with Gasteiger partial charge in [0.2, 0.25) is 5.91 Å². The lowest BCUT2D eigenvalue weighted by atomic mass is 9.55. The maximum atomic E-state index is 13.8. The van der Waals surface area contributed by atoms with Crippen LogP contribution in [0.3, 0.4) is 0 Å². The lowest BCUT2D eigenvalue weighted by Crippen LogP contribution is -2.54. The van der Waals surface area contributed by atoms with Gasteiger partial charge in [0.05, 0.1) is 5.92 Å². The molecule has 0 aromatic heterocycles. The molecule has 0 saturated carbocycles. The van der Waals surface area contributed by atoms with Crippen molar-refractivity contribution in [3.05, 3.63) is 70.8 Å². The molecular formula is C24H22N2O2. The van der Waals surface area contributed by atoms with Gasteiger partial charge >= 0.3 is 0 Å². The van der Waals surface area contributed by atoms with Crippen molar-refractivity contribution in [2.24, 2.45) is 22.7 Å². The van der Waals surface area contributed by atoms with E-state index in [1.54, 1.807) is 4.90 Å². The summed E-state index contributed by atoms with van der Waals surface area (Å²) >= 11 is 0.